The first kappa shape index (κ1) is 31.3. The van der Waals surface area contributed by atoms with Crippen LogP contribution in [0.25, 0.3) is 10.8 Å². The Balaban J connectivity index is 0.00000195. The second kappa shape index (κ2) is 15.5. The van der Waals surface area contributed by atoms with Gasteiger partial charge in [-0.25, -0.2) is 4.31 Å². The quantitative estimate of drug-likeness (QED) is 0.0830. The fourth-order valence-corrected chi connectivity index (χ4v) is 7.04. The predicted octanol–water partition coefficient (Wildman–Crippen LogP) is 7.48. The van der Waals surface area contributed by atoms with Gasteiger partial charge in [-0.2, -0.15) is 11.8 Å². The molecule has 38 heavy (non-hydrogen) atoms. The van der Waals surface area contributed by atoms with Gasteiger partial charge in [-0.3, -0.25) is 15.3 Å². The molecule has 3 N–H and O–H groups in total. The number of amides is 1. The van der Waals surface area contributed by atoms with E-state index in [1.165, 1.54) is 18.2 Å². The molecule has 1 heterocycles. The molecule has 2 aromatic rings. The van der Waals surface area contributed by atoms with Crippen molar-refractivity contribution < 1.29 is 20.0 Å². The highest BCUT2D eigenvalue weighted by atomic mass is 79.9. The van der Waals surface area contributed by atoms with Gasteiger partial charge in [-0.15, -0.1) is 0 Å². The second-order valence-corrected chi connectivity index (χ2v) is 13.9. The number of piperidine rings is 1. The third-order valence-electron chi connectivity index (χ3n) is 7.26. The monoisotopic (exact) mass is 624 g/mol. The van der Waals surface area contributed by atoms with Crippen LogP contribution in [0.2, 0.25) is 0 Å². The maximum absolute atomic E-state index is 13.0. The lowest BCUT2D eigenvalue weighted by atomic mass is 9.86. The summed E-state index contributed by atoms with van der Waals surface area (Å²) >= 11 is 7.48. The number of thioether (sulfide) groups is 1. The Hall–Kier alpha value is -1.23. The van der Waals surface area contributed by atoms with Crippen LogP contribution in [0, 0.1) is 5.41 Å². The standard InChI is InChI=1S/C29H39BrN2O2S2.H2O2/c1-29(2,15-4-18-34-25-8-6-21-5-7-23(30)19-22(21)20-25)28(33)31-24-13-16-32(17-14-24)36-27-11-9-26(35-3)10-12-27;1-2/h5-9,11,19-20,24,26-27H,4,10,12-18H2,1-3H3,(H,31,33);1-2H. The van der Waals surface area contributed by atoms with E-state index >= 15 is 0 Å². The first-order valence-corrected chi connectivity index (χ1v) is 16.2. The van der Waals surface area contributed by atoms with Crippen molar-refractivity contribution in [2.45, 2.75) is 68.9 Å². The summed E-state index contributed by atoms with van der Waals surface area (Å²) in [7, 11) is 0. The number of ether oxygens (including phenoxy) is 1. The molecule has 2 aliphatic rings. The van der Waals surface area contributed by atoms with Crippen LogP contribution in [0.4, 0.5) is 0 Å². The summed E-state index contributed by atoms with van der Waals surface area (Å²) < 4.78 is 9.57. The summed E-state index contributed by atoms with van der Waals surface area (Å²) in [5.74, 6) is 1.04. The minimum absolute atomic E-state index is 0.169. The summed E-state index contributed by atoms with van der Waals surface area (Å²) in [5.41, 5.74) is -0.399. The normalized spacial score (nSPS) is 20.6. The lowest BCUT2D eigenvalue weighted by molar-refractivity contribution is -0.176. The zero-order valence-corrected chi connectivity index (χ0v) is 25.8. The highest BCUT2D eigenvalue weighted by Gasteiger charge is 2.31. The SMILES string of the molecule is CSC1C=CC(SN2CCC(NC(=O)C(C)(C)CCCOc3ccc4ccc(Br)cc4c3)CC2)CC1.OO. The van der Waals surface area contributed by atoms with Crippen LogP contribution >= 0.6 is 39.6 Å². The highest BCUT2D eigenvalue weighted by molar-refractivity contribution is 9.10. The lowest BCUT2D eigenvalue weighted by Crippen LogP contribution is -2.47. The van der Waals surface area contributed by atoms with Crippen LogP contribution in [0.15, 0.2) is 53.0 Å². The Morgan fingerprint density at radius 3 is 2.42 bits per heavy atom. The molecule has 2 atom stereocenters. The van der Waals surface area contributed by atoms with Gasteiger partial charge in [0.05, 0.1) is 6.61 Å². The summed E-state index contributed by atoms with van der Waals surface area (Å²) in [5, 5.41) is 19.0. The fraction of sp³-hybridized carbons (Fsp3) is 0.552. The van der Waals surface area contributed by atoms with E-state index in [2.05, 4.69) is 82.1 Å². The molecule has 1 fully saturated rings. The average Bonchev–Trinajstić information content (AvgIpc) is 2.93. The number of carbonyl (C=O) groups excluding carboxylic acids is 1. The summed E-state index contributed by atoms with van der Waals surface area (Å²) in [6.07, 6.45) is 13.2. The molecule has 4 rings (SSSR count). The average molecular weight is 626 g/mol. The first-order valence-electron chi connectivity index (χ1n) is 13.3. The van der Waals surface area contributed by atoms with E-state index < -0.39 is 5.41 Å². The number of hydrogen-bond donors (Lipinski definition) is 3. The van der Waals surface area contributed by atoms with Gasteiger partial charge >= 0.3 is 0 Å². The van der Waals surface area contributed by atoms with Gasteiger partial charge in [-0.05, 0) is 79.8 Å². The molecule has 1 amide bonds. The third kappa shape index (κ3) is 9.45. The van der Waals surface area contributed by atoms with Gasteiger partial charge in [0.1, 0.15) is 5.75 Å². The van der Waals surface area contributed by atoms with Gasteiger partial charge in [0.25, 0.3) is 0 Å². The van der Waals surface area contributed by atoms with Crippen molar-refractivity contribution in [3.8, 4) is 5.75 Å². The molecule has 1 aliphatic heterocycles. The molecule has 1 aliphatic carbocycles. The molecule has 2 unspecified atom stereocenters. The molecule has 0 saturated carbocycles. The lowest BCUT2D eigenvalue weighted by Gasteiger charge is -2.35. The number of rotatable bonds is 10. The number of nitrogens with one attached hydrogen (secondary N) is 1. The largest absolute Gasteiger partial charge is 0.494 e. The van der Waals surface area contributed by atoms with Crippen LogP contribution in [0.5, 0.6) is 5.75 Å². The maximum atomic E-state index is 13.0. The van der Waals surface area contributed by atoms with Crippen molar-refractivity contribution in [1.29, 1.82) is 0 Å². The molecular formula is C29H41BrN2O4S2. The summed E-state index contributed by atoms with van der Waals surface area (Å²) in [6, 6.07) is 12.7. The van der Waals surface area contributed by atoms with Crippen LogP contribution in [-0.2, 0) is 4.79 Å². The molecule has 0 aromatic heterocycles. The van der Waals surface area contributed by atoms with Gasteiger partial charge < -0.3 is 10.1 Å². The smallest absolute Gasteiger partial charge is 0.225 e. The van der Waals surface area contributed by atoms with Gasteiger partial charge in [0.2, 0.25) is 5.91 Å². The predicted molar refractivity (Wildman–Crippen MR) is 165 cm³/mol. The zero-order chi connectivity index (χ0) is 27.5. The van der Waals surface area contributed by atoms with Gasteiger partial charge in [0, 0.05) is 39.5 Å². The Kier molecular flexibility index (Phi) is 12.8. The zero-order valence-electron chi connectivity index (χ0n) is 22.6. The molecular weight excluding hydrogens is 584 g/mol. The highest BCUT2D eigenvalue weighted by Crippen LogP contribution is 2.32. The van der Waals surface area contributed by atoms with E-state index in [1.54, 1.807) is 0 Å². The van der Waals surface area contributed by atoms with Crippen molar-refractivity contribution in [3.63, 3.8) is 0 Å². The molecule has 1 saturated heterocycles. The van der Waals surface area contributed by atoms with Crippen molar-refractivity contribution in [1.82, 2.24) is 9.62 Å². The maximum Gasteiger partial charge on any atom is 0.225 e. The number of fused-ring (bicyclic) bond motifs is 1. The molecule has 9 heteroatoms. The Morgan fingerprint density at radius 1 is 1.05 bits per heavy atom. The van der Waals surface area contributed by atoms with Crippen molar-refractivity contribution in [3.05, 3.63) is 53.0 Å². The second-order valence-electron chi connectivity index (χ2n) is 10.5. The summed E-state index contributed by atoms with van der Waals surface area (Å²) in [4.78, 5) is 13.0. The number of benzene rings is 2. The van der Waals surface area contributed by atoms with E-state index in [0.29, 0.717) is 17.1 Å². The van der Waals surface area contributed by atoms with E-state index in [0.717, 1.165) is 54.4 Å². The molecule has 0 spiro atoms. The van der Waals surface area contributed by atoms with E-state index in [-0.39, 0.29) is 11.9 Å². The van der Waals surface area contributed by atoms with Crippen molar-refractivity contribution in [2.75, 3.05) is 26.0 Å². The summed E-state index contributed by atoms with van der Waals surface area (Å²) in [6.45, 7) is 6.81. The minimum Gasteiger partial charge on any atom is -0.494 e. The first-order chi connectivity index (χ1) is 18.3. The third-order valence-corrected chi connectivity index (χ3v) is 10.1. The van der Waals surface area contributed by atoms with Crippen LogP contribution in [-0.4, -0.2) is 63.2 Å². The number of halogens is 1. The van der Waals surface area contributed by atoms with Crippen LogP contribution in [0.3, 0.4) is 0 Å². The van der Waals surface area contributed by atoms with Crippen LogP contribution < -0.4 is 10.1 Å². The topological polar surface area (TPSA) is 82.0 Å². The van der Waals surface area contributed by atoms with Crippen LogP contribution in [0.1, 0.15) is 52.4 Å². The van der Waals surface area contributed by atoms with E-state index in [4.69, 9.17) is 15.3 Å². The van der Waals surface area contributed by atoms with Crippen molar-refractivity contribution >= 4 is 56.3 Å². The van der Waals surface area contributed by atoms with E-state index in [9.17, 15) is 4.79 Å². The number of hydrogen-bond acceptors (Lipinski definition) is 7. The van der Waals surface area contributed by atoms with Gasteiger partial charge in [-0.1, -0.05) is 66.0 Å². The molecule has 2 aromatic carbocycles. The Morgan fingerprint density at radius 2 is 1.74 bits per heavy atom. The fourth-order valence-electron chi connectivity index (χ4n) is 4.83. The molecule has 0 radical (unpaired) electrons. The van der Waals surface area contributed by atoms with E-state index in [1.807, 2.05) is 35.8 Å². The number of carbonyl (C=O) groups is 1. The molecule has 0 bridgehead atoms. The Bertz CT molecular complexity index is 1060. The minimum atomic E-state index is -0.399. The molecule has 6 nitrogen and oxygen atoms in total. The van der Waals surface area contributed by atoms with Gasteiger partial charge in [0.15, 0.2) is 0 Å². The number of nitrogens with zero attached hydrogens (tertiary/aromatic N) is 1. The Labute approximate surface area is 244 Å². The molecule has 210 valence electrons. The van der Waals surface area contributed by atoms with Crippen molar-refractivity contribution in [2.24, 2.45) is 5.41 Å².